The number of ether oxygens (including phenoxy) is 3. The van der Waals surface area contributed by atoms with E-state index in [1.54, 1.807) is 7.11 Å². The Bertz CT molecular complexity index is 944. The van der Waals surface area contributed by atoms with Crippen molar-refractivity contribution in [2.45, 2.75) is 95.4 Å². The number of carboxylic acids is 2. The molecule has 1 saturated heterocycles. The van der Waals surface area contributed by atoms with Crippen LogP contribution in [0.3, 0.4) is 0 Å². The Kier molecular flexibility index (Phi) is 10.2. The number of ketones is 1. The zero-order valence-corrected chi connectivity index (χ0v) is 22.4. The van der Waals surface area contributed by atoms with E-state index in [2.05, 4.69) is 12.1 Å². The predicted molar refractivity (Wildman–Crippen MR) is 140 cm³/mol. The maximum absolute atomic E-state index is 13.4. The molecule has 7 unspecified atom stereocenters. The number of carbonyl (C=O) groups excluding carboxylic acids is 1. The molecular formula is C30H42O8. The molecule has 1 aromatic carbocycles. The van der Waals surface area contributed by atoms with Gasteiger partial charge in [-0.3, -0.25) is 14.4 Å². The third-order valence-electron chi connectivity index (χ3n) is 8.80. The molecule has 8 nitrogen and oxygen atoms in total. The van der Waals surface area contributed by atoms with Gasteiger partial charge in [-0.1, -0.05) is 25.0 Å². The van der Waals surface area contributed by atoms with Gasteiger partial charge in [0.2, 0.25) is 0 Å². The van der Waals surface area contributed by atoms with Gasteiger partial charge in [0, 0.05) is 30.8 Å². The van der Waals surface area contributed by atoms with E-state index in [9.17, 15) is 24.6 Å². The van der Waals surface area contributed by atoms with E-state index >= 15 is 0 Å². The van der Waals surface area contributed by atoms with Crippen LogP contribution in [0.4, 0.5) is 0 Å². The highest BCUT2D eigenvalue weighted by molar-refractivity contribution is 5.86. The molecule has 1 heterocycles. The van der Waals surface area contributed by atoms with Gasteiger partial charge in [0.15, 0.2) is 0 Å². The van der Waals surface area contributed by atoms with Crippen LogP contribution < -0.4 is 4.74 Å². The van der Waals surface area contributed by atoms with Gasteiger partial charge in [-0.15, -0.1) is 0 Å². The SMILES string of the molecule is COc1ccc(CCCCCCOC2CCC3C(=O)C4CC(C(=O)O)CCC4OC3C2CCC(=O)O)cc1. The molecule has 0 radical (unpaired) electrons. The lowest BCUT2D eigenvalue weighted by atomic mass is 9.65. The molecule has 3 aliphatic rings. The molecule has 3 fully saturated rings. The van der Waals surface area contributed by atoms with Crippen molar-refractivity contribution in [2.24, 2.45) is 23.7 Å². The first kappa shape index (κ1) is 28.6. The van der Waals surface area contributed by atoms with Crippen molar-refractivity contribution < 1.29 is 38.8 Å². The number of Topliss-reactive ketones (excluding diaryl/α,β-unsaturated/α-hetero) is 1. The molecule has 7 atom stereocenters. The molecule has 2 aliphatic carbocycles. The van der Waals surface area contributed by atoms with Gasteiger partial charge in [-0.25, -0.2) is 0 Å². The summed E-state index contributed by atoms with van der Waals surface area (Å²) in [4.78, 5) is 36.3. The van der Waals surface area contributed by atoms with Crippen LogP contribution in [-0.2, 0) is 30.3 Å². The zero-order chi connectivity index (χ0) is 27.1. The number of carbonyl (C=O) groups is 3. The van der Waals surface area contributed by atoms with Crippen LogP contribution >= 0.6 is 0 Å². The number of methoxy groups -OCH3 is 1. The minimum absolute atomic E-state index is 0.0197. The minimum Gasteiger partial charge on any atom is -0.497 e. The number of benzene rings is 1. The van der Waals surface area contributed by atoms with Crippen LogP contribution in [0.2, 0.25) is 0 Å². The van der Waals surface area contributed by atoms with Crippen molar-refractivity contribution in [1.29, 1.82) is 0 Å². The molecule has 0 amide bonds. The number of unbranched alkanes of at least 4 members (excludes halogenated alkanes) is 3. The molecule has 0 spiro atoms. The van der Waals surface area contributed by atoms with Crippen molar-refractivity contribution >= 4 is 17.7 Å². The molecular weight excluding hydrogens is 488 g/mol. The number of rotatable bonds is 13. The van der Waals surface area contributed by atoms with E-state index in [1.165, 1.54) is 5.56 Å². The number of fused-ring (bicyclic) bond motifs is 2. The lowest BCUT2D eigenvalue weighted by Gasteiger charge is -2.50. The maximum Gasteiger partial charge on any atom is 0.306 e. The Morgan fingerprint density at radius 1 is 0.974 bits per heavy atom. The van der Waals surface area contributed by atoms with Crippen molar-refractivity contribution in [1.82, 2.24) is 0 Å². The third-order valence-corrected chi connectivity index (χ3v) is 8.80. The maximum atomic E-state index is 13.4. The van der Waals surface area contributed by atoms with Crippen LogP contribution in [0.15, 0.2) is 24.3 Å². The molecule has 4 rings (SSSR count). The molecule has 1 aliphatic heterocycles. The number of hydrogen-bond acceptors (Lipinski definition) is 6. The lowest BCUT2D eigenvalue weighted by Crippen LogP contribution is -2.57. The summed E-state index contributed by atoms with van der Waals surface area (Å²) in [6.45, 7) is 0.619. The second-order valence-electron chi connectivity index (χ2n) is 11.2. The molecule has 1 aromatic rings. The molecule has 8 heteroatoms. The van der Waals surface area contributed by atoms with Crippen LogP contribution in [0.1, 0.15) is 76.2 Å². The smallest absolute Gasteiger partial charge is 0.306 e. The Labute approximate surface area is 225 Å². The summed E-state index contributed by atoms with van der Waals surface area (Å²) in [6, 6.07) is 8.19. The van der Waals surface area contributed by atoms with Crippen molar-refractivity contribution in [3.63, 3.8) is 0 Å². The van der Waals surface area contributed by atoms with E-state index in [1.807, 2.05) is 12.1 Å². The monoisotopic (exact) mass is 530 g/mol. The summed E-state index contributed by atoms with van der Waals surface area (Å²) in [7, 11) is 1.67. The van der Waals surface area contributed by atoms with Gasteiger partial charge >= 0.3 is 11.9 Å². The molecule has 0 aromatic heterocycles. The van der Waals surface area contributed by atoms with E-state index in [-0.39, 0.29) is 48.3 Å². The predicted octanol–water partition coefficient (Wildman–Crippen LogP) is 4.91. The summed E-state index contributed by atoms with van der Waals surface area (Å²) in [6.07, 6.45) is 7.78. The van der Waals surface area contributed by atoms with Gasteiger partial charge in [0.05, 0.1) is 31.3 Å². The second-order valence-corrected chi connectivity index (χ2v) is 11.2. The van der Waals surface area contributed by atoms with Crippen LogP contribution in [0.5, 0.6) is 5.75 Å². The van der Waals surface area contributed by atoms with Crippen LogP contribution in [0, 0.1) is 23.7 Å². The first-order valence-electron chi connectivity index (χ1n) is 14.3. The average Bonchev–Trinajstić information content (AvgIpc) is 2.91. The third kappa shape index (κ3) is 7.14. The highest BCUT2D eigenvalue weighted by Crippen LogP contribution is 2.46. The van der Waals surface area contributed by atoms with Crippen LogP contribution in [-0.4, -0.2) is 60.0 Å². The van der Waals surface area contributed by atoms with Crippen molar-refractivity contribution in [2.75, 3.05) is 13.7 Å². The normalized spacial score (nSPS) is 30.8. The number of aliphatic carboxylic acids is 2. The lowest BCUT2D eigenvalue weighted by molar-refractivity contribution is -0.197. The topological polar surface area (TPSA) is 119 Å². The Balaban J connectivity index is 1.26. The summed E-state index contributed by atoms with van der Waals surface area (Å²) in [5.41, 5.74) is 1.31. The van der Waals surface area contributed by atoms with Crippen molar-refractivity contribution in [3.8, 4) is 5.75 Å². The fourth-order valence-corrected chi connectivity index (χ4v) is 6.70. The quantitative estimate of drug-likeness (QED) is 0.345. The van der Waals surface area contributed by atoms with Gasteiger partial charge in [-0.2, -0.15) is 0 Å². The Hall–Kier alpha value is -2.45. The summed E-state index contributed by atoms with van der Waals surface area (Å²) in [5, 5.41) is 18.8. The minimum atomic E-state index is -0.857. The van der Waals surface area contributed by atoms with Gasteiger partial charge in [0.25, 0.3) is 0 Å². The van der Waals surface area contributed by atoms with E-state index in [0.717, 1.165) is 37.9 Å². The summed E-state index contributed by atoms with van der Waals surface area (Å²) in [5.74, 6) is -1.98. The standard InChI is InChI=1S/C30H42O8/c1-36-21-10-7-19(8-11-21)6-4-2-3-5-17-37-25-15-12-23-28(33)24-18-20(30(34)35)9-14-26(24)38-29(23)22(25)13-16-27(31)32/h7-8,10-11,20,22-26,29H,2-6,9,12-18H2,1H3,(H,31,32)(H,34,35). The molecule has 0 bridgehead atoms. The molecule has 38 heavy (non-hydrogen) atoms. The fourth-order valence-electron chi connectivity index (χ4n) is 6.70. The highest BCUT2D eigenvalue weighted by atomic mass is 16.5. The van der Waals surface area contributed by atoms with E-state index < -0.39 is 17.9 Å². The first-order chi connectivity index (χ1) is 18.4. The number of hydrogen-bond donors (Lipinski definition) is 2. The van der Waals surface area contributed by atoms with E-state index in [0.29, 0.717) is 45.1 Å². The van der Waals surface area contributed by atoms with Crippen molar-refractivity contribution in [3.05, 3.63) is 29.8 Å². The number of carboxylic acid groups (broad SMARTS) is 2. The Morgan fingerprint density at radius 3 is 2.45 bits per heavy atom. The van der Waals surface area contributed by atoms with Crippen LogP contribution in [0.25, 0.3) is 0 Å². The highest BCUT2D eigenvalue weighted by Gasteiger charge is 2.53. The van der Waals surface area contributed by atoms with Gasteiger partial charge in [-0.05, 0) is 75.5 Å². The largest absolute Gasteiger partial charge is 0.497 e. The summed E-state index contributed by atoms with van der Waals surface area (Å²) >= 11 is 0. The Morgan fingerprint density at radius 2 is 1.74 bits per heavy atom. The van der Waals surface area contributed by atoms with Gasteiger partial charge in [0.1, 0.15) is 11.5 Å². The first-order valence-corrected chi connectivity index (χ1v) is 14.3. The summed E-state index contributed by atoms with van der Waals surface area (Å²) < 4.78 is 18.0. The zero-order valence-electron chi connectivity index (χ0n) is 22.4. The molecule has 210 valence electrons. The second kappa shape index (κ2) is 13.6. The number of aryl methyl sites for hydroxylation is 1. The molecule has 2 saturated carbocycles. The fraction of sp³-hybridized carbons (Fsp3) is 0.700. The average molecular weight is 531 g/mol. The van der Waals surface area contributed by atoms with E-state index in [4.69, 9.17) is 14.2 Å². The van der Waals surface area contributed by atoms with Gasteiger partial charge < -0.3 is 24.4 Å². The molecule has 2 N–H and O–H groups in total.